The summed E-state index contributed by atoms with van der Waals surface area (Å²) in [6.45, 7) is 6.57. The van der Waals surface area contributed by atoms with Crippen LogP contribution >= 0.6 is 21.6 Å². The second-order valence-corrected chi connectivity index (χ2v) is 17.3. The number of hydrogen-bond donors (Lipinski definition) is 2. The Morgan fingerprint density at radius 2 is 0.686 bits per heavy atom. The average molecular weight is 1050 g/mol. The van der Waals surface area contributed by atoms with Gasteiger partial charge in [0.15, 0.2) is 24.4 Å². The van der Waals surface area contributed by atoms with Gasteiger partial charge in [0.1, 0.15) is 25.4 Å². The van der Waals surface area contributed by atoms with Crippen LogP contribution in [0, 0.1) is 0 Å². The van der Waals surface area contributed by atoms with Gasteiger partial charge in [0, 0.05) is 66.9 Å². The highest BCUT2D eigenvalue weighted by Crippen LogP contribution is 2.32. The van der Waals surface area contributed by atoms with E-state index in [4.69, 9.17) is 66.3 Å². The van der Waals surface area contributed by atoms with Crippen molar-refractivity contribution in [2.45, 2.75) is 142 Å². The molecule has 0 aromatic heterocycles. The van der Waals surface area contributed by atoms with Gasteiger partial charge >= 0.3 is 71.9 Å². The number of carbonyl (C=O) groups is 12. The third-order valence-corrected chi connectivity index (χ3v) is 11.4. The Labute approximate surface area is 407 Å². The molecule has 2 fully saturated rings. The van der Waals surface area contributed by atoms with Crippen LogP contribution in [0.4, 0.5) is 9.59 Å². The molecule has 2 amide bonds. The zero-order valence-corrected chi connectivity index (χ0v) is 41.2. The minimum atomic E-state index is -1.73. The van der Waals surface area contributed by atoms with Crippen LogP contribution in [0.3, 0.4) is 0 Å². The number of amides is 2. The van der Waals surface area contributed by atoms with Gasteiger partial charge in [0.05, 0.1) is 39.1 Å². The van der Waals surface area contributed by atoms with E-state index in [1.54, 1.807) is 0 Å². The maximum absolute atomic E-state index is 13.2. The van der Waals surface area contributed by atoms with Gasteiger partial charge in [-0.15, -0.1) is 0 Å². The lowest BCUT2D eigenvalue weighted by molar-refractivity contribution is -0.299. The zero-order chi connectivity index (χ0) is 52.8. The van der Waals surface area contributed by atoms with Crippen LogP contribution in [0.15, 0.2) is 0 Å². The topological polar surface area (TPSA) is 358 Å². The number of methoxy groups -OCH3 is 2. The molecule has 12 atom stereocenters. The molecule has 30 heteroatoms. The number of rotatable bonds is 23. The summed E-state index contributed by atoms with van der Waals surface area (Å²) in [4.78, 5) is 147. The number of ether oxygens (including phenoxy) is 14. The van der Waals surface area contributed by atoms with Crippen LogP contribution in [-0.4, -0.2) is 184 Å². The SMILES string of the molecule is COC(=O)CC(CSSCC(CC(=O)OC)NC(=O)OCC1OC(OC(C)=O)C(OC(C)=O)C(OC(C)=O)C1OC(C)=O)NC(=O)OCC1OC(OC(C)=O)C(OC(C)=O)C(OC(C)=O)C1OC(C)=O. The maximum Gasteiger partial charge on any atom is 0.407 e. The minimum absolute atomic E-state index is 0.0364. The van der Waals surface area contributed by atoms with Crippen molar-refractivity contribution in [3.8, 4) is 0 Å². The van der Waals surface area contributed by atoms with Crippen molar-refractivity contribution in [3.63, 3.8) is 0 Å². The summed E-state index contributed by atoms with van der Waals surface area (Å²) < 4.78 is 73.6. The summed E-state index contributed by atoms with van der Waals surface area (Å²) in [6.07, 6.45) is -19.2. The number of alkyl carbamates (subject to hydrolysis) is 2. The van der Waals surface area contributed by atoms with Crippen molar-refractivity contribution in [3.05, 3.63) is 0 Å². The van der Waals surface area contributed by atoms with E-state index in [-0.39, 0.29) is 11.5 Å². The van der Waals surface area contributed by atoms with Gasteiger partial charge < -0.3 is 76.9 Å². The molecule has 0 aromatic carbocycles. The maximum atomic E-state index is 13.2. The Balaban J connectivity index is 2.20. The minimum Gasteiger partial charge on any atom is -0.469 e. The van der Waals surface area contributed by atoms with Crippen molar-refractivity contribution in [1.82, 2.24) is 10.6 Å². The lowest BCUT2D eigenvalue weighted by Crippen LogP contribution is -2.63. The first-order valence-electron chi connectivity index (χ1n) is 20.8. The Kier molecular flexibility index (Phi) is 25.5. The van der Waals surface area contributed by atoms with Crippen molar-refractivity contribution in [2.75, 3.05) is 38.9 Å². The Hall–Kier alpha value is -6.14. The quantitative estimate of drug-likeness (QED) is 0.0581. The second kappa shape index (κ2) is 29.8. The number of hydrogen-bond acceptors (Lipinski definition) is 28. The van der Waals surface area contributed by atoms with Crippen LogP contribution in [0.2, 0.25) is 0 Å². The lowest BCUT2D eigenvalue weighted by Gasteiger charge is -2.43. The number of nitrogens with one attached hydrogen (secondary N) is 2. The molecular formula is C40H56N2O26S2. The van der Waals surface area contributed by atoms with Gasteiger partial charge in [-0.25, -0.2) is 9.59 Å². The molecule has 0 radical (unpaired) electrons. The fraction of sp³-hybridized carbons (Fsp3) is 0.700. The average Bonchev–Trinajstić information content (AvgIpc) is 3.23. The van der Waals surface area contributed by atoms with Crippen molar-refractivity contribution >= 4 is 93.5 Å². The first-order chi connectivity index (χ1) is 32.8. The van der Waals surface area contributed by atoms with E-state index in [9.17, 15) is 57.5 Å². The molecule has 2 aliphatic rings. The number of carbonyl (C=O) groups excluding carboxylic acids is 12. The molecule has 2 rings (SSSR count). The Morgan fingerprint density at radius 1 is 0.414 bits per heavy atom. The van der Waals surface area contributed by atoms with Crippen LogP contribution in [0.25, 0.3) is 0 Å². The third-order valence-electron chi connectivity index (χ3n) is 8.86. The highest BCUT2D eigenvalue weighted by Gasteiger charge is 2.55. The predicted octanol–water partition coefficient (Wildman–Crippen LogP) is -0.150. The Bertz CT molecular complexity index is 1770. The molecule has 0 saturated carbocycles. The van der Waals surface area contributed by atoms with Gasteiger partial charge in [-0.3, -0.25) is 47.9 Å². The molecule has 0 aliphatic carbocycles. The number of esters is 10. The van der Waals surface area contributed by atoms with Gasteiger partial charge in [0.2, 0.25) is 24.8 Å². The predicted molar refractivity (Wildman–Crippen MR) is 229 cm³/mol. The van der Waals surface area contributed by atoms with Crippen LogP contribution in [-0.2, 0) is 114 Å². The van der Waals surface area contributed by atoms with Crippen LogP contribution in [0.1, 0.15) is 68.2 Å². The molecule has 0 aromatic rings. The van der Waals surface area contributed by atoms with E-state index in [1.807, 2.05) is 0 Å². The molecule has 2 aliphatic heterocycles. The molecule has 0 bridgehead atoms. The van der Waals surface area contributed by atoms with Gasteiger partial charge in [0.25, 0.3) is 0 Å². The van der Waals surface area contributed by atoms with E-state index < -0.39 is 171 Å². The van der Waals surface area contributed by atoms with Crippen molar-refractivity contribution < 1.29 is 124 Å². The van der Waals surface area contributed by atoms with E-state index in [0.717, 1.165) is 91.2 Å². The van der Waals surface area contributed by atoms with E-state index in [2.05, 4.69) is 10.6 Å². The monoisotopic (exact) mass is 1040 g/mol. The van der Waals surface area contributed by atoms with Crippen molar-refractivity contribution in [1.29, 1.82) is 0 Å². The molecule has 2 N–H and O–H groups in total. The van der Waals surface area contributed by atoms with Gasteiger partial charge in [-0.1, -0.05) is 21.6 Å². The highest BCUT2D eigenvalue weighted by molar-refractivity contribution is 8.76. The van der Waals surface area contributed by atoms with E-state index >= 15 is 0 Å². The Morgan fingerprint density at radius 3 is 0.957 bits per heavy atom. The first kappa shape index (κ1) is 60.0. The van der Waals surface area contributed by atoms with Gasteiger partial charge in [-0.2, -0.15) is 0 Å². The zero-order valence-electron chi connectivity index (χ0n) is 39.6. The lowest BCUT2D eigenvalue weighted by atomic mass is 9.98. The highest BCUT2D eigenvalue weighted by atomic mass is 33.1. The summed E-state index contributed by atoms with van der Waals surface area (Å²) in [5.41, 5.74) is 0. The summed E-state index contributed by atoms with van der Waals surface area (Å²) in [5.74, 6) is -8.86. The molecule has 70 heavy (non-hydrogen) atoms. The van der Waals surface area contributed by atoms with E-state index in [1.165, 1.54) is 0 Å². The molecule has 12 unspecified atom stereocenters. The molecule has 2 heterocycles. The molecule has 394 valence electrons. The summed E-state index contributed by atoms with van der Waals surface area (Å²) in [7, 11) is 4.33. The third kappa shape index (κ3) is 21.7. The summed E-state index contributed by atoms with van der Waals surface area (Å²) in [5, 5.41) is 4.95. The largest absolute Gasteiger partial charge is 0.469 e. The fourth-order valence-electron chi connectivity index (χ4n) is 6.36. The van der Waals surface area contributed by atoms with Crippen LogP contribution < -0.4 is 10.6 Å². The van der Waals surface area contributed by atoms with Crippen LogP contribution in [0.5, 0.6) is 0 Å². The first-order valence-corrected chi connectivity index (χ1v) is 23.3. The van der Waals surface area contributed by atoms with Gasteiger partial charge in [-0.05, 0) is 0 Å². The summed E-state index contributed by atoms with van der Waals surface area (Å²) >= 11 is 0. The molecule has 2 saturated heterocycles. The smallest absolute Gasteiger partial charge is 0.407 e. The summed E-state index contributed by atoms with van der Waals surface area (Å²) in [6, 6.07) is -2.01. The second-order valence-electron chi connectivity index (χ2n) is 14.8. The molecule has 28 nitrogen and oxygen atoms in total. The molecular weight excluding hydrogens is 989 g/mol. The standard InChI is InChI=1S/C40H56N2O26S2/c1-17(43)59-31-27(67-37(65-23(7)49)35(63-21(5)47)33(31)61-19(3)45)13-57-39(53)41-25(11-29(51)55-9)15-69-70-16-26(12-30(52)56-10)42-40(54)58-14-28-32(60-18(2)44)34(62-20(4)46)36(64-22(6)48)38(68-28)66-24(8)50/h25-28,31-38H,11-16H2,1-10H3,(H,41,53)(H,42,54). The van der Waals surface area contributed by atoms with E-state index in [0.29, 0.717) is 0 Å². The normalized spacial score (nSPS) is 24.5. The fourth-order valence-corrected chi connectivity index (χ4v) is 8.85. The molecule has 0 spiro atoms. The van der Waals surface area contributed by atoms with Crippen molar-refractivity contribution in [2.24, 2.45) is 0 Å².